The Labute approximate surface area is 201 Å². The van der Waals surface area contributed by atoms with Crippen LogP contribution in [-0.4, -0.2) is 65.8 Å². The molecule has 4 rings (SSSR count). The zero-order valence-electron chi connectivity index (χ0n) is 18.8. The number of likely N-dealkylation sites (N-methyl/N-ethyl adjacent to an activating group) is 1. The van der Waals surface area contributed by atoms with Crippen molar-refractivity contribution >= 4 is 15.7 Å². The normalized spacial score (nSPS) is 13.4. The van der Waals surface area contributed by atoms with E-state index in [4.69, 9.17) is 0 Å². The molecule has 10 nitrogen and oxygen atoms in total. The van der Waals surface area contributed by atoms with E-state index in [1.807, 2.05) is 0 Å². The van der Waals surface area contributed by atoms with Gasteiger partial charge in [-0.1, -0.05) is 0 Å². The fraction of sp³-hybridized carbons (Fsp3) is 0.300. The Balaban J connectivity index is 1.73. The van der Waals surface area contributed by atoms with Crippen LogP contribution in [0.15, 0.2) is 55.4 Å². The molecule has 1 atom stereocenters. The van der Waals surface area contributed by atoms with Crippen molar-refractivity contribution in [3.63, 3.8) is 0 Å². The minimum atomic E-state index is -5.67. The monoisotopic (exact) mass is 530 g/mol. The Morgan fingerprint density at radius 3 is 2.53 bits per heavy atom. The molecule has 0 aromatic carbocycles. The Bertz CT molecular complexity index is 1520. The first kappa shape index (κ1) is 25.4. The topological polar surface area (TPSA) is 103 Å². The molecule has 4 heterocycles. The van der Waals surface area contributed by atoms with Crippen LogP contribution in [-0.2, 0) is 17.1 Å². The van der Waals surface area contributed by atoms with E-state index in [1.165, 1.54) is 12.4 Å². The molecule has 16 heteroatoms. The molecular weight excluding hydrogens is 511 g/mol. The SMILES string of the molecule is CN(CC(CC=C(F)F)n1cc(-c2nc(-c3cnn(C)c3)cc3nccn23)cn1)S(=O)(=O)C(F)(F)F. The summed E-state index contributed by atoms with van der Waals surface area (Å²) >= 11 is 0. The highest BCUT2D eigenvalue weighted by Gasteiger charge is 2.49. The van der Waals surface area contributed by atoms with Crippen LogP contribution < -0.4 is 0 Å². The van der Waals surface area contributed by atoms with E-state index in [9.17, 15) is 30.4 Å². The lowest BCUT2D eigenvalue weighted by Gasteiger charge is -2.24. The highest BCUT2D eigenvalue weighted by Crippen LogP contribution is 2.29. The van der Waals surface area contributed by atoms with Crippen LogP contribution in [0.4, 0.5) is 22.0 Å². The van der Waals surface area contributed by atoms with Crippen molar-refractivity contribution < 1.29 is 30.4 Å². The molecule has 1 unspecified atom stereocenters. The molecule has 0 aliphatic heterocycles. The molecule has 4 aromatic heterocycles. The summed E-state index contributed by atoms with van der Waals surface area (Å²) in [5, 5.41) is 8.24. The number of hydrogen-bond acceptors (Lipinski definition) is 6. The maximum Gasteiger partial charge on any atom is 0.511 e. The fourth-order valence-corrected chi connectivity index (χ4v) is 4.27. The van der Waals surface area contributed by atoms with Crippen LogP contribution in [0.2, 0.25) is 0 Å². The van der Waals surface area contributed by atoms with Gasteiger partial charge < -0.3 is 0 Å². The molecule has 0 fully saturated rings. The van der Waals surface area contributed by atoms with Crippen LogP contribution >= 0.6 is 0 Å². The van der Waals surface area contributed by atoms with Gasteiger partial charge in [-0.15, -0.1) is 0 Å². The molecule has 36 heavy (non-hydrogen) atoms. The Kier molecular flexibility index (Phi) is 6.66. The van der Waals surface area contributed by atoms with E-state index >= 15 is 0 Å². The zero-order chi connectivity index (χ0) is 26.3. The van der Waals surface area contributed by atoms with Crippen LogP contribution in [0.25, 0.3) is 28.3 Å². The molecule has 4 aromatic rings. The van der Waals surface area contributed by atoms with Gasteiger partial charge in [-0.2, -0.15) is 36.5 Å². The molecule has 0 spiro atoms. The molecule has 0 aliphatic rings. The summed E-state index contributed by atoms with van der Waals surface area (Å²) in [7, 11) is -3.20. The van der Waals surface area contributed by atoms with Crippen molar-refractivity contribution in [1.82, 2.24) is 38.2 Å². The molecule has 0 radical (unpaired) electrons. The van der Waals surface area contributed by atoms with Gasteiger partial charge in [0.1, 0.15) is 11.5 Å². The van der Waals surface area contributed by atoms with Gasteiger partial charge in [0.05, 0.1) is 29.7 Å². The first-order valence-corrected chi connectivity index (χ1v) is 11.7. The van der Waals surface area contributed by atoms with Crippen molar-refractivity contribution in [1.29, 1.82) is 0 Å². The lowest BCUT2D eigenvalue weighted by molar-refractivity contribution is -0.0485. The van der Waals surface area contributed by atoms with Crippen molar-refractivity contribution in [3.05, 3.63) is 55.4 Å². The Morgan fingerprint density at radius 1 is 1.17 bits per heavy atom. The van der Waals surface area contributed by atoms with Gasteiger partial charge in [-0.3, -0.25) is 13.8 Å². The predicted molar refractivity (Wildman–Crippen MR) is 118 cm³/mol. The number of fused-ring (bicyclic) bond motifs is 1. The summed E-state index contributed by atoms with van der Waals surface area (Å²) in [5.74, 6) is 0.373. The number of aromatic nitrogens is 7. The van der Waals surface area contributed by atoms with Crippen molar-refractivity contribution in [2.45, 2.75) is 18.0 Å². The van der Waals surface area contributed by atoms with Crippen molar-refractivity contribution in [3.8, 4) is 22.6 Å². The average Bonchev–Trinajstić information content (AvgIpc) is 3.55. The largest absolute Gasteiger partial charge is 0.511 e. The first-order chi connectivity index (χ1) is 16.9. The summed E-state index contributed by atoms with van der Waals surface area (Å²) < 4.78 is 92.4. The van der Waals surface area contributed by atoms with Crippen LogP contribution in [0.1, 0.15) is 12.5 Å². The van der Waals surface area contributed by atoms with Gasteiger partial charge >= 0.3 is 15.5 Å². The van der Waals surface area contributed by atoms with Crippen LogP contribution in [0.5, 0.6) is 0 Å². The van der Waals surface area contributed by atoms with Crippen LogP contribution in [0, 0.1) is 0 Å². The smallest absolute Gasteiger partial charge is 0.284 e. The van der Waals surface area contributed by atoms with E-state index in [1.54, 1.807) is 47.0 Å². The molecule has 0 saturated heterocycles. The van der Waals surface area contributed by atoms with E-state index in [0.717, 1.165) is 11.7 Å². The second-order valence-corrected chi connectivity index (χ2v) is 9.88. The maximum atomic E-state index is 13.0. The van der Waals surface area contributed by atoms with Crippen molar-refractivity contribution in [2.75, 3.05) is 13.6 Å². The number of halogens is 5. The van der Waals surface area contributed by atoms with Gasteiger partial charge in [-0.05, 0) is 12.5 Å². The van der Waals surface area contributed by atoms with Gasteiger partial charge in [0.2, 0.25) is 0 Å². The number of alkyl halides is 3. The number of sulfonamides is 1. The lowest BCUT2D eigenvalue weighted by atomic mass is 10.2. The molecule has 0 amide bonds. The number of imidazole rings is 1. The second kappa shape index (κ2) is 9.42. The summed E-state index contributed by atoms with van der Waals surface area (Å²) in [4.78, 5) is 8.91. The van der Waals surface area contributed by atoms with Gasteiger partial charge in [0.15, 0.2) is 0 Å². The summed E-state index contributed by atoms with van der Waals surface area (Å²) in [5.41, 5.74) is -3.34. The van der Waals surface area contributed by atoms with E-state index in [-0.39, 0.29) is 4.31 Å². The van der Waals surface area contributed by atoms with Crippen molar-refractivity contribution in [2.24, 2.45) is 7.05 Å². The molecule has 192 valence electrons. The number of aryl methyl sites for hydroxylation is 1. The van der Waals surface area contributed by atoms with Crippen LogP contribution in [0.3, 0.4) is 0 Å². The third-order valence-corrected chi connectivity index (χ3v) is 6.89. The lowest BCUT2D eigenvalue weighted by Crippen LogP contribution is -2.41. The highest BCUT2D eigenvalue weighted by atomic mass is 32.2. The summed E-state index contributed by atoms with van der Waals surface area (Å²) in [6.07, 6.45) is 7.28. The maximum absolute atomic E-state index is 13.0. The van der Waals surface area contributed by atoms with Gasteiger partial charge in [-0.25, -0.2) is 18.4 Å². The molecule has 0 aliphatic carbocycles. The standard InChI is InChI=1S/C20H19F5N8O2S/c1-30-10-13(8-27-30)16-7-18-26-5-6-32(18)19(29-16)14-9-28-33(11-14)15(3-4-17(21)22)12-31(2)36(34,35)20(23,24)25/h4-11,15H,3,12H2,1-2H3. The van der Waals surface area contributed by atoms with Gasteiger partial charge in [0.25, 0.3) is 6.08 Å². The van der Waals surface area contributed by atoms with Gasteiger partial charge in [0, 0.05) is 57.1 Å². The molecule has 0 saturated carbocycles. The third kappa shape index (κ3) is 4.99. The number of nitrogens with zero attached hydrogens (tertiary/aromatic N) is 8. The highest BCUT2D eigenvalue weighted by molar-refractivity contribution is 7.89. The van der Waals surface area contributed by atoms with E-state index in [0.29, 0.717) is 34.4 Å². The number of rotatable bonds is 8. The number of hydrogen-bond donors (Lipinski definition) is 0. The molecular formula is C20H19F5N8O2S. The minimum absolute atomic E-state index is 0.0678. The summed E-state index contributed by atoms with van der Waals surface area (Å²) in [6, 6.07) is 0.571. The first-order valence-electron chi connectivity index (χ1n) is 10.3. The zero-order valence-corrected chi connectivity index (χ0v) is 19.6. The Morgan fingerprint density at radius 2 is 1.89 bits per heavy atom. The molecule has 0 N–H and O–H groups in total. The fourth-order valence-electron chi connectivity index (χ4n) is 3.54. The Hall–Kier alpha value is -3.66. The summed E-state index contributed by atoms with van der Waals surface area (Å²) in [6.45, 7) is -0.754. The molecule has 0 bridgehead atoms. The predicted octanol–water partition coefficient (Wildman–Crippen LogP) is 3.49. The van der Waals surface area contributed by atoms with E-state index < -0.39 is 40.6 Å². The third-order valence-electron chi connectivity index (χ3n) is 5.34. The average molecular weight is 530 g/mol. The minimum Gasteiger partial charge on any atom is -0.284 e. The number of allylic oxidation sites excluding steroid dienone is 1. The van der Waals surface area contributed by atoms with E-state index in [2.05, 4.69) is 20.2 Å². The second-order valence-electron chi connectivity index (χ2n) is 7.85. The quantitative estimate of drug-likeness (QED) is 0.323.